The molecule has 1 aliphatic heterocycles. The zero-order valence-electron chi connectivity index (χ0n) is 13.7. The van der Waals surface area contributed by atoms with E-state index in [9.17, 15) is 9.59 Å². The molecule has 3 heterocycles. The normalized spacial score (nSPS) is 14.0. The molecule has 10 heteroatoms. The average Bonchev–Trinajstić information content (AvgIpc) is 3.22. The fourth-order valence-electron chi connectivity index (χ4n) is 2.59. The lowest BCUT2D eigenvalue weighted by molar-refractivity contribution is -0.121. The minimum Gasteiger partial charge on any atom is -0.496 e. The van der Waals surface area contributed by atoms with Crippen LogP contribution in [0.4, 0.5) is 5.95 Å². The number of methoxy groups -OCH3 is 1. The number of hydrogen-bond donors (Lipinski definition) is 2. The summed E-state index contributed by atoms with van der Waals surface area (Å²) in [5, 5.41) is 12.7. The van der Waals surface area contributed by atoms with Crippen molar-refractivity contribution in [3.63, 3.8) is 0 Å². The van der Waals surface area contributed by atoms with Crippen molar-refractivity contribution in [1.29, 1.82) is 0 Å². The van der Waals surface area contributed by atoms with Crippen molar-refractivity contribution in [3.05, 3.63) is 29.6 Å². The average molecular weight is 370 g/mol. The van der Waals surface area contributed by atoms with Crippen molar-refractivity contribution in [2.45, 2.75) is 12.8 Å². The maximum Gasteiger partial charge on any atom is 0.274 e. The highest BCUT2D eigenvalue weighted by Crippen LogP contribution is 2.32. The Morgan fingerprint density at radius 3 is 2.96 bits per heavy atom. The van der Waals surface area contributed by atoms with Crippen LogP contribution in [-0.4, -0.2) is 39.2 Å². The number of benzene rings is 1. The molecular formula is C16H14N6O3S. The number of para-hydroxylation sites is 1. The molecule has 2 N–H and O–H groups in total. The van der Waals surface area contributed by atoms with Gasteiger partial charge in [0.25, 0.3) is 11.9 Å². The Bertz CT molecular complexity index is 1040. The van der Waals surface area contributed by atoms with Gasteiger partial charge in [0.05, 0.1) is 12.8 Å². The predicted molar refractivity (Wildman–Crippen MR) is 96.3 cm³/mol. The molecule has 9 nitrogen and oxygen atoms in total. The van der Waals surface area contributed by atoms with E-state index in [0.717, 1.165) is 17.0 Å². The van der Waals surface area contributed by atoms with Gasteiger partial charge in [-0.1, -0.05) is 12.1 Å². The minimum absolute atomic E-state index is 0.178. The number of nitrogens with zero attached hydrogens (tertiary/aromatic N) is 4. The van der Waals surface area contributed by atoms with Gasteiger partial charge in [-0.05, 0) is 12.1 Å². The standard InChI is InChI=1S/C16H14N6O3S/c1-25-12-5-3-2-4-9(12)11-8-26-16-18-15(21-22(11)16)17-14(24)10-6-7-13(23)20-19-10/h2-5,8H,6-7H2,1H3,(H,20,23)(H,17,21,24). The van der Waals surface area contributed by atoms with Gasteiger partial charge in [0.2, 0.25) is 10.9 Å². The highest BCUT2D eigenvalue weighted by atomic mass is 32.1. The number of rotatable bonds is 4. The van der Waals surface area contributed by atoms with Crippen LogP contribution in [0.3, 0.4) is 0 Å². The second-order valence-corrected chi connectivity index (χ2v) is 6.34. The van der Waals surface area contributed by atoms with Gasteiger partial charge in [-0.2, -0.15) is 10.1 Å². The van der Waals surface area contributed by atoms with Crippen molar-refractivity contribution in [2.24, 2.45) is 5.10 Å². The molecule has 0 radical (unpaired) electrons. The number of ether oxygens (including phenoxy) is 1. The number of anilines is 1. The summed E-state index contributed by atoms with van der Waals surface area (Å²) in [6.07, 6.45) is 0.516. The number of fused-ring (bicyclic) bond motifs is 1. The van der Waals surface area contributed by atoms with E-state index in [1.54, 1.807) is 11.6 Å². The van der Waals surface area contributed by atoms with E-state index >= 15 is 0 Å². The molecule has 132 valence electrons. The SMILES string of the molecule is COc1ccccc1-c1csc2nc(NC(=O)C3=NNC(=O)CC3)nn12. The Balaban J connectivity index is 1.62. The van der Waals surface area contributed by atoms with Crippen LogP contribution in [0, 0.1) is 0 Å². The van der Waals surface area contributed by atoms with E-state index in [4.69, 9.17) is 4.74 Å². The number of aromatic nitrogens is 3. The van der Waals surface area contributed by atoms with Gasteiger partial charge in [-0.25, -0.2) is 9.94 Å². The van der Waals surface area contributed by atoms with Gasteiger partial charge >= 0.3 is 0 Å². The zero-order chi connectivity index (χ0) is 18.1. The molecule has 3 aromatic rings. The van der Waals surface area contributed by atoms with Crippen molar-refractivity contribution < 1.29 is 14.3 Å². The Morgan fingerprint density at radius 2 is 2.19 bits per heavy atom. The molecule has 2 amide bonds. The first kappa shape index (κ1) is 16.2. The molecule has 0 unspecified atom stereocenters. The minimum atomic E-state index is -0.429. The highest BCUT2D eigenvalue weighted by Gasteiger charge is 2.21. The van der Waals surface area contributed by atoms with Crippen LogP contribution in [-0.2, 0) is 9.59 Å². The number of hydrogen-bond acceptors (Lipinski definition) is 7. The first-order valence-corrected chi connectivity index (χ1v) is 8.68. The lowest BCUT2D eigenvalue weighted by atomic mass is 10.1. The molecular weight excluding hydrogens is 356 g/mol. The fraction of sp³-hybridized carbons (Fsp3) is 0.188. The molecule has 0 fully saturated rings. The quantitative estimate of drug-likeness (QED) is 0.726. The van der Waals surface area contributed by atoms with E-state index in [1.807, 2.05) is 29.6 Å². The number of amides is 2. The third-order valence-electron chi connectivity index (χ3n) is 3.86. The topological polar surface area (TPSA) is 110 Å². The Morgan fingerprint density at radius 1 is 1.35 bits per heavy atom. The maximum absolute atomic E-state index is 12.2. The first-order chi connectivity index (χ1) is 12.7. The summed E-state index contributed by atoms with van der Waals surface area (Å²) in [5.74, 6) is 0.268. The van der Waals surface area contributed by atoms with Gasteiger partial charge in [0.1, 0.15) is 11.5 Å². The van der Waals surface area contributed by atoms with Gasteiger partial charge in [0.15, 0.2) is 0 Å². The van der Waals surface area contributed by atoms with Gasteiger partial charge < -0.3 is 4.74 Å². The summed E-state index contributed by atoms with van der Waals surface area (Å²) >= 11 is 1.41. The van der Waals surface area contributed by atoms with Crippen LogP contribution in [0.25, 0.3) is 16.2 Å². The van der Waals surface area contributed by atoms with Crippen LogP contribution in [0.15, 0.2) is 34.7 Å². The molecule has 0 aliphatic carbocycles. The maximum atomic E-state index is 12.2. The highest BCUT2D eigenvalue weighted by molar-refractivity contribution is 7.15. The van der Waals surface area contributed by atoms with Crippen LogP contribution in [0.2, 0.25) is 0 Å². The Kier molecular flexibility index (Phi) is 4.09. The fourth-order valence-corrected chi connectivity index (χ4v) is 3.41. The van der Waals surface area contributed by atoms with Crippen molar-refractivity contribution >= 4 is 39.8 Å². The van der Waals surface area contributed by atoms with Crippen LogP contribution < -0.4 is 15.5 Å². The largest absolute Gasteiger partial charge is 0.496 e. The monoisotopic (exact) mass is 370 g/mol. The predicted octanol–water partition coefficient (Wildman–Crippen LogP) is 1.67. The lowest BCUT2D eigenvalue weighted by Crippen LogP contribution is -2.33. The summed E-state index contributed by atoms with van der Waals surface area (Å²) in [6.45, 7) is 0. The van der Waals surface area contributed by atoms with E-state index in [-0.39, 0.29) is 30.4 Å². The smallest absolute Gasteiger partial charge is 0.274 e. The van der Waals surface area contributed by atoms with E-state index < -0.39 is 5.91 Å². The molecule has 2 aromatic heterocycles. The molecule has 0 atom stereocenters. The van der Waals surface area contributed by atoms with E-state index in [2.05, 4.69) is 25.9 Å². The van der Waals surface area contributed by atoms with Crippen molar-refractivity contribution in [1.82, 2.24) is 20.0 Å². The van der Waals surface area contributed by atoms with Crippen molar-refractivity contribution in [3.8, 4) is 17.0 Å². The molecule has 0 bridgehead atoms. The summed E-state index contributed by atoms with van der Waals surface area (Å²) < 4.78 is 7.06. The van der Waals surface area contributed by atoms with Crippen molar-refractivity contribution in [2.75, 3.05) is 12.4 Å². The third-order valence-corrected chi connectivity index (χ3v) is 4.67. The second-order valence-electron chi connectivity index (χ2n) is 5.50. The van der Waals surface area contributed by atoms with Crippen LogP contribution >= 0.6 is 11.3 Å². The molecule has 26 heavy (non-hydrogen) atoms. The molecule has 1 aliphatic rings. The van der Waals surface area contributed by atoms with Gasteiger partial charge in [0, 0.05) is 23.8 Å². The summed E-state index contributed by atoms with van der Waals surface area (Å²) in [5.41, 5.74) is 4.23. The molecule has 1 aromatic carbocycles. The lowest BCUT2D eigenvalue weighted by Gasteiger charge is -2.10. The Labute approximate surface area is 151 Å². The second kappa shape index (κ2) is 6.56. The first-order valence-electron chi connectivity index (χ1n) is 7.80. The van der Waals surface area contributed by atoms with Crippen LogP contribution in [0.1, 0.15) is 12.8 Å². The van der Waals surface area contributed by atoms with Crippen LogP contribution in [0.5, 0.6) is 5.75 Å². The summed E-state index contributed by atoms with van der Waals surface area (Å²) in [6, 6.07) is 7.60. The number of hydrazone groups is 1. The number of carbonyl (C=O) groups is 2. The molecule has 4 rings (SSSR count). The molecule has 0 spiro atoms. The number of nitrogens with one attached hydrogen (secondary N) is 2. The Hall–Kier alpha value is -3.27. The van der Waals surface area contributed by atoms with Gasteiger partial charge in [-0.15, -0.1) is 16.4 Å². The van der Waals surface area contributed by atoms with Gasteiger partial charge in [-0.3, -0.25) is 14.9 Å². The third kappa shape index (κ3) is 2.90. The van der Waals surface area contributed by atoms with E-state index in [0.29, 0.717) is 4.96 Å². The summed E-state index contributed by atoms with van der Waals surface area (Å²) in [7, 11) is 1.61. The number of thiazole rings is 1. The summed E-state index contributed by atoms with van der Waals surface area (Å²) in [4.78, 5) is 28.3. The zero-order valence-corrected chi connectivity index (χ0v) is 14.5. The molecule has 0 saturated heterocycles. The molecule has 0 saturated carbocycles. The number of carbonyl (C=O) groups excluding carboxylic acids is 2. The van der Waals surface area contributed by atoms with E-state index in [1.165, 1.54) is 11.3 Å².